The highest BCUT2D eigenvalue weighted by Crippen LogP contribution is 2.37. The van der Waals surface area contributed by atoms with Crippen LogP contribution in [-0.4, -0.2) is 26.9 Å². The quantitative estimate of drug-likeness (QED) is 0.655. The number of carbonyl (C=O) groups is 1. The van der Waals surface area contributed by atoms with Gasteiger partial charge in [0.05, 0.1) is 12.6 Å². The maximum Gasteiger partial charge on any atom is 0.247 e. The van der Waals surface area contributed by atoms with Gasteiger partial charge in [-0.1, -0.05) is 19.8 Å². The summed E-state index contributed by atoms with van der Waals surface area (Å²) >= 11 is 0. The first-order valence-corrected chi connectivity index (χ1v) is 8.80. The number of hydrogen-bond donors (Lipinski definition) is 0. The number of imidazole rings is 1. The molecule has 0 saturated carbocycles. The summed E-state index contributed by atoms with van der Waals surface area (Å²) < 4.78 is 7.67. The van der Waals surface area contributed by atoms with E-state index in [0.29, 0.717) is 0 Å². The zero-order valence-corrected chi connectivity index (χ0v) is 14.2. The maximum absolute atomic E-state index is 12.5. The largest absolute Gasteiger partial charge is 0.467 e. The molecule has 2 aromatic heterocycles. The minimum absolute atomic E-state index is 0.0351. The molecule has 128 valence electrons. The summed E-state index contributed by atoms with van der Waals surface area (Å²) in [5, 5.41) is 0. The molecule has 1 atom stereocenters. The molecular weight excluding hydrogens is 302 g/mol. The molecule has 1 aliphatic heterocycles. The van der Waals surface area contributed by atoms with Crippen LogP contribution in [0.25, 0.3) is 0 Å². The second-order valence-electron chi connectivity index (χ2n) is 6.28. The van der Waals surface area contributed by atoms with E-state index in [9.17, 15) is 4.79 Å². The average Bonchev–Trinajstić information content (AvgIpc) is 3.30. The van der Waals surface area contributed by atoms with E-state index in [-0.39, 0.29) is 11.9 Å². The van der Waals surface area contributed by atoms with Crippen LogP contribution in [0, 0.1) is 0 Å². The lowest BCUT2D eigenvalue weighted by Gasteiger charge is -2.26. The Morgan fingerprint density at radius 2 is 2.17 bits per heavy atom. The van der Waals surface area contributed by atoms with Crippen LogP contribution < -0.4 is 0 Å². The van der Waals surface area contributed by atoms with Crippen molar-refractivity contribution in [3.8, 4) is 0 Å². The van der Waals surface area contributed by atoms with Crippen molar-refractivity contribution in [2.45, 2.75) is 51.6 Å². The highest BCUT2D eigenvalue weighted by molar-refractivity contribution is 5.92. The van der Waals surface area contributed by atoms with Crippen LogP contribution in [0.1, 0.15) is 50.8 Å². The van der Waals surface area contributed by atoms with Gasteiger partial charge >= 0.3 is 0 Å². The van der Waals surface area contributed by atoms with Crippen molar-refractivity contribution in [1.29, 1.82) is 0 Å². The van der Waals surface area contributed by atoms with Crippen molar-refractivity contribution >= 4 is 5.91 Å². The SMILES string of the molecule is CCCCCC1=CC(=O)N(CCCn2ccnc2)C1c1ccco1. The monoisotopic (exact) mass is 327 g/mol. The standard InChI is InChI=1S/C19H25N3O2/c1-2-3-4-7-16-14-18(23)22(19(16)17-8-5-13-24-17)11-6-10-21-12-9-20-15-21/h5,8-9,12-15,19H,2-4,6-7,10-11H2,1H3. The molecule has 0 aliphatic carbocycles. The van der Waals surface area contributed by atoms with Gasteiger partial charge in [0.1, 0.15) is 11.8 Å². The fraction of sp³-hybridized carbons (Fsp3) is 0.474. The second kappa shape index (κ2) is 7.99. The Bertz CT molecular complexity index is 659. The van der Waals surface area contributed by atoms with Crippen molar-refractivity contribution < 1.29 is 9.21 Å². The summed E-state index contributed by atoms with van der Waals surface area (Å²) in [4.78, 5) is 18.5. The van der Waals surface area contributed by atoms with E-state index in [1.165, 1.54) is 18.4 Å². The van der Waals surface area contributed by atoms with Gasteiger partial charge in [0, 0.05) is 31.6 Å². The molecule has 1 aliphatic rings. The van der Waals surface area contributed by atoms with E-state index in [1.54, 1.807) is 12.5 Å². The Balaban J connectivity index is 1.66. The van der Waals surface area contributed by atoms with E-state index in [0.717, 1.165) is 38.1 Å². The molecule has 0 bridgehead atoms. The Labute approximate surface area is 143 Å². The molecule has 0 spiro atoms. The molecule has 0 saturated heterocycles. The van der Waals surface area contributed by atoms with Crippen molar-refractivity contribution in [2.24, 2.45) is 0 Å². The number of aryl methyl sites for hydroxylation is 1. The Hall–Kier alpha value is -2.30. The molecule has 0 N–H and O–H groups in total. The molecule has 3 heterocycles. The third kappa shape index (κ3) is 3.78. The van der Waals surface area contributed by atoms with Gasteiger partial charge in [0.2, 0.25) is 5.91 Å². The van der Waals surface area contributed by atoms with Crippen LogP contribution in [0.5, 0.6) is 0 Å². The first kappa shape index (κ1) is 16.6. The second-order valence-corrected chi connectivity index (χ2v) is 6.28. The number of rotatable bonds is 9. The van der Waals surface area contributed by atoms with Crippen LogP contribution in [0.4, 0.5) is 0 Å². The molecular formula is C19H25N3O2. The minimum Gasteiger partial charge on any atom is -0.467 e. The molecule has 3 rings (SSSR count). The van der Waals surface area contributed by atoms with Gasteiger partial charge in [-0.3, -0.25) is 4.79 Å². The van der Waals surface area contributed by atoms with Gasteiger partial charge in [-0.25, -0.2) is 4.98 Å². The van der Waals surface area contributed by atoms with Crippen molar-refractivity contribution in [2.75, 3.05) is 6.54 Å². The summed E-state index contributed by atoms with van der Waals surface area (Å²) in [5.74, 6) is 0.972. The maximum atomic E-state index is 12.5. The van der Waals surface area contributed by atoms with Gasteiger partial charge in [-0.05, 0) is 37.0 Å². The molecule has 5 nitrogen and oxygen atoms in total. The summed E-state index contributed by atoms with van der Waals surface area (Å²) in [5.41, 5.74) is 1.19. The summed E-state index contributed by atoms with van der Waals surface area (Å²) in [6.07, 6.45) is 14.4. The van der Waals surface area contributed by atoms with Crippen LogP contribution in [0.2, 0.25) is 0 Å². The molecule has 1 amide bonds. The molecule has 0 fully saturated rings. The molecule has 5 heteroatoms. The lowest BCUT2D eigenvalue weighted by atomic mass is 10.00. The predicted octanol–water partition coefficient (Wildman–Crippen LogP) is 3.96. The van der Waals surface area contributed by atoms with Gasteiger partial charge in [-0.15, -0.1) is 0 Å². The average molecular weight is 327 g/mol. The van der Waals surface area contributed by atoms with E-state index >= 15 is 0 Å². The Morgan fingerprint density at radius 3 is 2.88 bits per heavy atom. The Kier molecular flexibility index (Phi) is 5.51. The summed E-state index contributed by atoms with van der Waals surface area (Å²) in [6.45, 7) is 3.77. The lowest BCUT2D eigenvalue weighted by Crippen LogP contribution is -2.31. The number of carbonyl (C=O) groups excluding carboxylic acids is 1. The van der Waals surface area contributed by atoms with Crippen LogP contribution in [-0.2, 0) is 11.3 Å². The zero-order chi connectivity index (χ0) is 16.8. The lowest BCUT2D eigenvalue weighted by molar-refractivity contribution is -0.126. The van der Waals surface area contributed by atoms with Gasteiger partial charge < -0.3 is 13.9 Å². The smallest absolute Gasteiger partial charge is 0.247 e. The van der Waals surface area contributed by atoms with Crippen molar-refractivity contribution in [1.82, 2.24) is 14.5 Å². The normalized spacial score (nSPS) is 17.5. The number of unbranched alkanes of at least 4 members (excludes halogenated alkanes) is 2. The molecule has 24 heavy (non-hydrogen) atoms. The molecule has 0 aromatic carbocycles. The summed E-state index contributed by atoms with van der Waals surface area (Å²) in [6, 6.07) is 3.83. The van der Waals surface area contributed by atoms with Gasteiger partial charge in [0.25, 0.3) is 0 Å². The van der Waals surface area contributed by atoms with Crippen LogP contribution >= 0.6 is 0 Å². The number of aromatic nitrogens is 2. The first-order chi connectivity index (χ1) is 11.8. The van der Waals surface area contributed by atoms with Crippen molar-refractivity contribution in [3.63, 3.8) is 0 Å². The molecule has 0 radical (unpaired) electrons. The molecule has 1 unspecified atom stereocenters. The topological polar surface area (TPSA) is 51.3 Å². The number of nitrogens with zero attached hydrogens (tertiary/aromatic N) is 3. The van der Waals surface area contributed by atoms with Gasteiger partial charge in [0.15, 0.2) is 0 Å². The van der Waals surface area contributed by atoms with Gasteiger partial charge in [-0.2, -0.15) is 0 Å². The highest BCUT2D eigenvalue weighted by atomic mass is 16.3. The van der Waals surface area contributed by atoms with E-state index in [4.69, 9.17) is 4.42 Å². The van der Waals surface area contributed by atoms with E-state index in [2.05, 4.69) is 11.9 Å². The van der Waals surface area contributed by atoms with E-state index < -0.39 is 0 Å². The third-order valence-corrected chi connectivity index (χ3v) is 4.51. The number of hydrogen-bond acceptors (Lipinski definition) is 3. The third-order valence-electron chi connectivity index (χ3n) is 4.51. The number of amides is 1. The Morgan fingerprint density at radius 1 is 1.25 bits per heavy atom. The predicted molar refractivity (Wildman–Crippen MR) is 92.2 cm³/mol. The van der Waals surface area contributed by atoms with Crippen LogP contribution in [0.3, 0.4) is 0 Å². The first-order valence-electron chi connectivity index (χ1n) is 8.80. The summed E-state index contributed by atoms with van der Waals surface area (Å²) in [7, 11) is 0. The van der Waals surface area contributed by atoms with Crippen molar-refractivity contribution in [3.05, 3.63) is 54.5 Å². The highest BCUT2D eigenvalue weighted by Gasteiger charge is 2.34. The zero-order valence-electron chi connectivity index (χ0n) is 14.2. The minimum atomic E-state index is -0.0351. The van der Waals surface area contributed by atoms with E-state index in [1.807, 2.05) is 40.2 Å². The fourth-order valence-electron chi connectivity index (χ4n) is 3.30. The fourth-order valence-corrected chi connectivity index (χ4v) is 3.30. The van der Waals surface area contributed by atoms with Crippen LogP contribution in [0.15, 0.2) is 53.2 Å². The number of furan rings is 1. The molecule has 2 aromatic rings.